The molecule has 1 heterocycles. The Kier molecular flexibility index (Phi) is 3.92. The molecule has 4 heteroatoms. The summed E-state index contributed by atoms with van der Waals surface area (Å²) in [4.78, 5) is 8.99. The van der Waals surface area contributed by atoms with Crippen LogP contribution in [0.2, 0.25) is 0 Å². The highest BCUT2D eigenvalue weighted by molar-refractivity contribution is 6.00. The highest BCUT2D eigenvalue weighted by atomic mass is 15.4. The average Bonchev–Trinajstić information content (AvgIpc) is 3.29. The van der Waals surface area contributed by atoms with E-state index in [-0.39, 0.29) is 0 Å². The molecular formula is C18H22N4. The van der Waals surface area contributed by atoms with Gasteiger partial charge in [0.1, 0.15) is 0 Å². The number of aryl methyl sites for hydroxylation is 3. The molecule has 114 valence electrons. The first-order valence-corrected chi connectivity index (χ1v) is 7.76. The van der Waals surface area contributed by atoms with Crippen LogP contribution in [0, 0.1) is 20.8 Å². The third kappa shape index (κ3) is 3.32. The van der Waals surface area contributed by atoms with Crippen molar-refractivity contribution >= 4 is 11.7 Å². The Morgan fingerprint density at radius 2 is 1.91 bits per heavy atom. The molecule has 0 saturated heterocycles. The molecule has 0 amide bonds. The predicted octanol–water partition coefficient (Wildman–Crippen LogP) is 4.12. The first-order valence-electron chi connectivity index (χ1n) is 7.76. The number of hydrogen-bond donors (Lipinski definition) is 1. The maximum Gasteiger partial charge on any atom is 0.243 e. The maximum atomic E-state index is 4.57. The minimum atomic E-state index is 0.589. The smallest absolute Gasteiger partial charge is 0.243 e. The standard InChI is InChI=1S/C18H22N4/c1-11-5-8-16(12(2)9-11)14(4)21-22-18-19-13(3)10-17(20-18)15-6-7-15/h5,8-10,15H,6-7H2,1-4H3,(H,19,20,22). The van der Waals surface area contributed by atoms with E-state index in [1.807, 2.05) is 13.8 Å². The highest BCUT2D eigenvalue weighted by Crippen LogP contribution is 2.39. The van der Waals surface area contributed by atoms with Crippen molar-refractivity contribution in [2.45, 2.75) is 46.5 Å². The fraction of sp³-hybridized carbons (Fsp3) is 0.389. The van der Waals surface area contributed by atoms with Crippen LogP contribution in [0.25, 0.3) is 0 Å². The van der Waals surface area contributed by atoms with E-state index in [2.05, 4.69) is 58.6 Å². The summed E-state index contributed by atoms with van der Waals surface area (Å²) >= 11 is 0. The Labute approximate surface area is 131 Å². The van der Waals surface area contributed by atoms with Crippen LogP contribution in [0.15, 0.2) is 29.4 Å². The van der Waals surface area contributed by atoms with E-state index in [4.69, 9.17) is 0 Å². The van der Waals surface area contributed by atoms with Crippen LogP contribution in [0.5, 0.6) is 0 Å². The van der Waals surface area contributed by atoms with Crippen molar-refractivity contribution in [3.05, 3.63) is 52.3 Å². The van der Waals surface area contributed by atoms with Gasteiger partial charge < -0.3 is 0 Å². The van der Waals surface area contributed by atoms with Gasteiger partial charge in [-0.15, -0.1) is 0 Å². The Balaban J connectivity index is 1.80. The van der Waals surface area contributed by atoms with Gasteiger partial charge >= 0.3 is 0 Å². The van der Waals surface area contributed by atoms with Crippen molar-refractivity contribution in [1.29, 1.82) is 0 Å². The molecule has 1 aliphatic rings. The van der Waals surface area contributed by atoms with Gasteiger partial charge in [-0.25, -0.2) is 15.4 Å². The molecule has 22 heavy (non-hydrogen) atoms. The lowest BCUT2D eigenvalue weighted by atomic mass is 10.0. The van der Waals surface area contributed by atoms with Gasteiger partial charge in [0, 0.05) is 22.9 Å². The van der Waals surface area contributed by atoms with Crippen LogP contribution >= 0.6 is 0 Å². The van der Waals surface area contributed by atoms with Crippen LogP contribution < -0.4 is 5.43 Å². The Bertz CT molecular complexity index is 730. The predicted molar refractivity (Wildman–Crippen MR) is 90.5 cm³/mol. The lowest BCUT2D eigenvalue weighted by Crippen LogP contribution is -2.05. The van der Waals surface area contributed by atoms with E-state index in [9.17, 15) is 0 Å². The van der Waals surface area contributed by atoms with E-state index in [0.29, 0.717) is 11.9 Å². The van der Waals surface area contributed by atoms with Crippen LogP contribution in [-0.4, -0.2) is 15.7 Å². The summed E-state index contributed by atoms with van der Waals surface area (Å²) in [5.41, 5.74) is 9.71. The van der Waals surface area contributed by atoms with Gasteiger partial charge in [-0.05, 0) is 52.2 Å². The third-order valence-corrected chi connectivity index (χ3v) is 3.96. The molecule has 4 nitrogen and oxygen atoms in total. The largest absolute Gasteiger partial charge is 0.245 e. The van der Waals surface area contributed by atoms with Crippen molar-refractivity contribution in [2.75, 3.05) is 5.43 Å². The van der Waals surface area contributed by atoms with E-state index in [0.717, 1.165) is 22.7 Å². The van der Waals surface area contributed by atoms with Gasteiger partial charge in [0.25, 0.3) is 0 Å². The Hall–Kier alpha value is -2.23. The second kappa shape index (κ2) is 5.87. The molecule has 1 fully saturated rings. The van der Waals surface area contributed by atoms with Crippen LogP contribution in [0.4, 0.5) is 5.95 Å². The average molecular weight is 294 g/mol. The van der Waals surface area contributed by atoms with Gasteiger partial charge in [0.2, 0.25) is 5.95 Å². The number of anilines is 1. The van der Waals surface area contributed by atoms with E-state index in [1.165, 1.54) is 24.0 Å². The number of hydrogen-bond acceptors (Lipinski definition) is 4. The molecule has 0 spiro atoms. The molecule has 0 bridgehead atoms. The summed E-state index contributed by atoms with van der Waals surface area (Å²) in [6.45, 7) is 8.21. The molecule has 0 radical (unpaired) electrons. The molecule has 1 saturated carbocycles. The Morgan fingerprint density at radius 3 is 2.59 bits per heavy atom. The van der Waals surface area contributed by atoms with Crippen molar-refractivity contribution in [3.63, 3.8) is 0 Å². The Morgan fingerprint density at radius 1 is 1.14 bits per heavy atom. The van der Waals surface area contributed by atoms with Gasteiger partial charge in [-0.2, -0.15) is 5.10 Å². The van der Waals surface area contributed by atoms with Gasteiger partial charge in [-0.3, -0.25) is 0 Å². The maximum absolute atomic E-state index is 4.57. The summed E-state index contributed by atoms with van der Waals surface area (Å²) in [6, 6.07) is 8.46. The first kappa shape index (κ1) is 14.7. The molecule has 1 aliphatic carbocycles. The van der Waals surface area contributed by atoms with Crippen molar-refractivity contribution in [2.24, 2.45) is 5.10 Å². The fourth-order valence-electron chi connectivity index (χ4n) is 2.64. The number of rotatable bonds is 4. The molecule has 1 aromatic heterocycles. The zero-order valence-corrected chi connectivity index (χ0v) is 13.6. The number of benzene rings is 1. The summed E-state index contributed by atoms with van der Waals surface area (Å²) < 4.78 is 0. The second-order valence-corrected chi connectivity index (χ2v) is 6.16. The molecule has 0 aliphatic heterocycles. The lowest BCUT2D eigenvalue weighted by Gasteiger charge is -2.08. The monoisotopic (exact) mass is 294 g/mol. The quantitative estimate of drug-likeness (QED) is 0.682. The molecule has 0 atom stereocenters. The SMILES string of the molecule is CC(=NNc1nc(C)cc(C2CC2)n1)c1ccc(C)cc1C. The molecule has 3 rings (SSSR count). The third-order valence-electron chi connectivity index (χ3n) is 3.96. The van der Waals surface area contributed by atoms with Crippen molar-refractivity contribution in [3.8, 4) is 0 Å². The summed E-state index contributed by atoms with van der Waals surface area (Å²) in [7, 11) is 0. The van der Waals surface area contributed by atoms with Crippen LogP contribution in [-0.2, 0) is 0 Å². The van der Waals surface area contributed by atoms with Crippen molar-refractivity contribution in [1.82, 2.24) is 9.97 Å². The number of nitrogens with zero attached hydrogens (tertiary/aromatic N) is 3. The summed E-state index contributed by atoms with van der Waals surface area (Å²) in [5, 5.41) is 4.46. The fourth-order valence-corrected chi connectivity index (χ4v) is 2.64. The topological polar surface area (TPSA) is 50.2 Å². The number of aromatic nitrogens is 2. The number of nitrogens with one attached hydrogen (secondary N) is 1. The van der Waals surface area contributed by atoms with Crippen LogP contribution in [0.1, 0.15) is 53.8 Å². The van der Waals surface area contributed by atoms with Gasteiger partial charge in [0.15, 0.2) is 0 Å². The minimum absolute atomic E-state index is 0.589. The van der Waals surface area contributed by atoms with Gasteiger partial charge in [-0.1, -0.05) is 23.8 Å². The van der Waals surface area contributed by atoms with E-state index >= 15 is 0 Å². The molecule has 0 unspecified atom stereocenters. The van der Waals surface area contributed by atoms with Crippen LogP contribution in [0.3, 0.4) is 0 Å². The van der Waals surface area contributed by atoms with E-state index in [1.54, 1.807) is 0 Å². The highest BCUT2D eigenvalue weighted by Gasteiger charge is 2.25. The normalized spacial score (nSPS) is 15.0. The zero-order chi connectivity index (χ0) is 15.7. The lowest BCUT2D eigenvalue weighted by molar-refractivity contribution is 0.960. The summed E-state index contributed by atoms with van der Waals surface area (Å²) in [5.74, 6) is 1.21. The molecule has 2 aromatic rings. The van der Waals surface area contributed by atoms with E-state index < -0.39 is 0 Å². The molecular weight excluding hydrogens is 272 g/mol. The molecule has 1 aromatic carbocycles. The summed E-state index contributed by atoms with van der Waals surface area (Å²) in [6.07, 6.45) is 2.47. The molecule has 1 N–H and O–H groups in total. The minimum Gasteiger partial charge on any atom is -0.245 e. The van der Waals surface area contributed by atoms with Crippen molar-refractivity contribution < 1.29 is 0 Å². The first-order chi connectivity index (χ1) is 10.5. The number of hydrazone groups is 1. The zero-order valence-electron chi connectivity index (χ0n) is 13.6. The van der Waals surface area contributed by atoms with Gasteiger partial charge in [0.05, 0.1) is 5.71 Å². The second-order valence-electron chi connectivity index (χ2n) is 6.16.